The molecule has 0 unspecified atom stereocenters. The molecule has 0 aliphatic rings. The summed E-state index contributed by atoms with van der Waals surface area (Å²) in [6.45, 7) is 5.99. The molecule has 0 aliphatic heterocycles. The molecule has 3 rings (SSSR count). The molecule has 7 nitrogen and oxygen atoms in total. The first-order chi connectivity index (χ1) is 12.1. The minimum atomic E-state index is -0.0139. The number of hydrogen-bond donors (Lipinski definition) is 2. The van der Waals surface area contributed by atoms with E-state index in [4.69, 9.17) is 35.0 Å². The van der Waals surface area contributed by atoms with E-state index < -0.39 is 0 Å². The zero-order valence-electron chi connectivity index (χ0n) is 13.0. The molecule has 0 aliphatic carbocycles. The van der Waals surface area contributed by atoms with Crippen LogP contribution in [0, 0.1) is 33.7 Å². The summed E-state index contributed by atoms with van der Waals surface area (Å²) in [6, 6.07) is 7.40. The van der Waals surface area contributed by atoms with Crippen molar-refractivity contribution in [1.82, 2.24) is 15.0 Å². The standard InChI is InChI=1S/C8H5N3S.C5H6N2S.C3H2N2/c9-3-1-8-11-6-5-10-4-2-7(6)12-8;6-4-3-7-2-1-5(4)8;1-5-3-2-4/h2,4-5H,1H2;1-3H,6H2,(H,7,8);3H2. The molecule has 0 spiro atoms. The Morgan fingerprint density at radius 3 is 2.64 bits per heavy atom. The van der Waals surface area contributed by atoms with Crippen molar-refractivity contribution >= 4 is 39.5 Å². The van der Waals surface area contributed by atoms with Crippen LogP contribution in [0.5, 0.6) is 0 Å². The van der Waals surface area contributed by atoms with Gasteiger partial charge in [-0.15, -0.1) is 11.3 Å². The van der Waals surface area contributed by atoms with Gasteiger partial charge < -0.3 is 15.6 Å². The molecule has 3 aromatic rings. The molecule has 0 bridgehead atoms. The van der Waals surface area contributed by atoms with Crippen LogP contribution < -0.4 is 5.73 Å². The van der Waals surface area contributed by atoms with E-state index in [-0.39, 0.29) is 6.54 Å². The summed E-state index contributed by atoms with van der Waals surface area (Å²) in [5.74, 6) is 0. The Morgan fingerprint density at radius 2 is 2.16 bits per heavy atom. The predicted octanol–water partition coefficient (Wildman–Crippen LogP) is 3.51. The minimum Gasteiger partial charge on any atom is -0.396 e. The molecule has 0 amide bonds. The summed E-state index contributed by atoms with van der Waals surface area (Å²) < 4.78 is 1.79. The number of pyridine rings is 2. The van der Waals surface area contributed by atoms with Gasteiger partial charge in [-0.1, -0.05) is 12.2 Å². The quantitative estimate of drug-likeness (QED) is 0.386. The van der Waals surface area contributed by atoms with Crippen LogP contribution in [0.1, 0.15) is 5.01 Å². The second-order valence-corrected chi connectivity index (χ2v) is 5.78. The predicted molar refractivity (Wildman–Crippen MR) is 99.9 cm³/mol. The molecule has 3 heterocycles. The Hall–Kier alpha value is -3.32. The van der Waals surface area contributed by atoms with Crippen LogP contribution in [0.15, 0.2) is 36.9 Å². The van der Waals surface area contributed by atoms with Gasteiger partial charge in [0.1, 0.15) is 11.1 Å². The fourth-order valence-electron chi connectivity index (χ4n) is 1.44. The monoisotopic (exact) mass is 367 g/mol. The maximum atomic E-state index is 8.45. The molecular weight excluding hydrogens is 354 g/mol. The zero-order chi connectivity index (χ0) is 18.5. The first kappa shape index (κ1) is 19.7. The van der Waals surface area contributed by atoms with Crippen LogP contribution in [0.2, 0.25) is 0 Å². The summed E-state index contributed by atoms with van der Waals surface area (Å²) in [5.41, 5.74) is 6.89. The number of fused-ring (bicyclic) bond motifs is 1. The van der Waals surface area contributed by atoms with Crippen LogP contribution >= 0.6 is 23.6 Å². The molecule has 3 N–H and O–H groups in total. The number of nitrogens with zero attached hydrogens (tertiary/aromatic N) is 5. The van der Waals surface area contributed by atoms with Gasteiger partial charge in [0.2, 0.25) is 0 Å². The van der Waals surface area contributed by atoms with Gasteiger partial charge in [-0.05, 0) is 12.1 Å². The first-order valence-electron chi connectivity index (χ1n) is 6.81. The number of nitrogens with one attached hydrogen (secondary N) is 1. The number of H-pyrrole nitrogens is 1. The van der Waals surface area contributed by atoms with E-state index in [2.05, 4.69) is 25.9 Å². The Morgan fingerprint density at radius 1 is 1.36 bits per heavy atom. The van der Waals surface area contributed by atoms with Crippen molar-refractivity contribution in [3.63, 3.8) is 0 Å². The lowest BCUT2D eigenvalue weighted by Crippen LogP contribution is -1.84. The van der Waals surface area contributed by atoms with E-state index in [1.807, 2.05) is 6.07 Å². The van der Waals surface area contributed by atoms with E-state index in [0.717, 1.165) is 15.2 Å². The van der Waals surface area contributed by atoms with E-state index in [1.165, 1.54) is 0 Å². The minimum absolute atomic E-state index is 0.0139. The van der Waals surface area contributed by atoms with Crippen molar-refractivity contribution in [3.8, 4) is 12.1 Å². The van der Waals surface area contributed by atoms with Gasteiger partial charge in [0.05, 0.1) is 39.1 Å². The van der Waals surface area contributed by atoms with E-state index in [0.29, 0.717) is 16.6 Å². The van der Waals surface area contributed by atoms with Gasteiger partial charge in [0.15, 0.2) is 0 Å². The van der Waals surface area contributed by atoms with Crippen LogP contribution in [0.4, 0.5) is 5.69 Å². The topological polar surface area (TPSA) is 120 Å². The highest BCUT2D eigenvalue weighted by molar-refractivity contribution is 7.71. The third-order valence-corrected chi connectivity index (χ3v) is 3.88. The third kappa shape index (κ3) is 7.19. The smallest absolute Gasteiger partial charge is 0.298 e. The highest BCUT2D eigenvalue weighted by Crippen LogP contribution is 2.20. The SMILES string of the molecule is N#CCc1nc2cnccc2s1.Nc1c[nH]ccc1=S.[C-]#[N+]CC#N. The average molecular weight is 367 g/mol. The van der Waals surface area contributed by atoms with Crippen LogP contribution in [0.3, 0.4) is 0 Å². The molecule has 124 valence electrons. The third-order valence-electron chi connectivity index (χ3n) is 2.47. The van der Waals surface area contributed by atoms with Crippen molar-refractivity contribution in [1.29, 1.82) is 10.5 Å². The largest absolute Gasteiger partial charge is 0.396 e. The van der Waals surface area contributed by atoms with E-state index in [9.17, 15) is 0 Å². The molecule has 0 atom stereocenters. The molecule has 0 radical (unpaired) electrons. The number of thiazole rings is 1. The average Bonchev–Trinajstić information content (AvgIpc) is 3.02. The lowest BCUT2D eigenvalue weighted by Gasteiger charge is -1.87. The number of aromatic nitrogens is 3. The van der Waals surface area contributed by atoms with Crippen LogP contribution in [0.25, 0.3) is 15.1 Å². The lowest BCUT2D eigenvalue weighted by atomic mass is 10.4. The van der Waals surface area contributed by atoms with Crippen molar-refractivity contribution in [3.05, 3.63) is 57.9 Å². The zero-order valence-corrected chi connectivity index (χ0v) is 14.6. The van der Waals surface area contributed by atoms with Gasteiger partial charge in [0.25, 0.3) is 6.54 Å². The van der Waals surface area contributed by atoms with Crippen molar-refractivity contribution in [2.45, 2.75) is 6.42 Å². The van der Waals surface area contributed by atoms with E-state index in [1.54, 1.807) is 48.3 Å². The highest BCUT2D eigenvalue weighted by Gasteiger charge is 2.01. The number of nitrogen functional groups attached to an aromatic ring is 1. The number of rotatable bonds is 1. The summed E-state index contributed by atoms with van der Waals surface area (Å²) in [4.78, 5) is 13.7. The Labute approximate surface area is 153 Å². The molecule has 0 saturated heterocycles. The van der Waals surface area contributed by atoms with Gasteiger partial charge in [0, 0.05) is 18.6 Å². The maximum Gasteiger partial charge on any atom is 0.298 e. The Bertz CT molecular complexity index is 941. The second-order valence-electron chi connectivity index (χ2n) is 4.22. The van der Waals surface area contributed by atoms with E-state index >= 15 is 0 Å². The molecule has 0 aromatic carbocycles. The summed E-state index contributed by atoms with van der Waals surface area (Å²) in [5, 5.41) is 16.9. The molecule has 3 aromatic heterocycles. The number of nitriles is 2. The van der Waals surface area contributed by atoms with Crippen molar-refractivity contribution < 1.29 is 0 Å². The normalized spacial score (nSPS) is 8.52. The summed E-state index contributed by atoms with van der Waals surface area (Å²) in [6.07, 6.45) is 7.25. The lowest BCUT2D eigenvalue weighted by molar-refractivity contribution is 1.20. The molecule has 9 heteroatoms. The van der Waals surface area contributed by atoms with Gasteiger partial charge >= 0.3 is 0 Å². The summed E-state index contributed by atoms with van der Waals surface area (Å²) in [7, 11) is 0. The van der Waals surface area contributed by atoms with Crippen LogP contribution in [-0.4, -0.2) is 21.5 Å². The van der Waals surface area contributed by atoms with Gasteiger partial charge in [-0.3, -0.25) is 4.98 Å². The van der Waals surface area contributed by atoms with Gasteiger partial charge in [-0.25, -0.2) is 11.6 Å². The Kier molecular flexibility index (Phi) is 8.88. The summed E-state index contributed by atoms with van der Waals surface area (Å²) >= 11 is 6.36. The molecule has 0 fully saturated rings. The molecule has 0 saturated carbocycles. The van der Waals surface area contributed by atoms with Crippen molar-refractivity contribution in [2.24, 2.45) is 0 Å². The second kappa shape index (κ2) is 11.3. The number of hydrogen-bond acceptors (Lipinski definition) is 7. The first-order valence-corrected chi connectivity index (χ1v) is 8.04. The fourth-order valence-corrected chi connectivity index (χ4v) is 2.43. The van der Waals surface area contributed by atoms with Crippen molar-refractivity contribution in [2.75, 3.05) is 12.3 Å². The number of anilines is 1. The highest BCUT2D eigenvalue weighted by atomic mass is 32.1. The molecule has 25 heavy (non-hydrogen) atoms. The Balaban J connectivity index is 0.000000209. The number of aromatic amines is 1. The van der Waals surface area contributed by atoms with Gasteiger partial charge in [-0.2, -0.15) is 10.5 Å². The number of nitrogens with two attached hydrogens (primary N) is 1. The molecular formula is C16H13N7S2. The fraction of sp³-hybridized carbons (Fsp3) is 0.125. The van der Waals surface area contributed by atoms with Crippen LogP contribution in [-0.2, 0) is 6.42 Å². The maximum absolute atomic E-state index is 8.45.